The van der Waals surface area contributed by atoms with Crippen LogP contribution >= 0.6 is 33.9 Å². The summed E-state index contributed by atoms with van der Waals surface area (Å²) in [6.07, 6.45) is 0.527. The lowest BCUT2D eigenvalue weighted by molar-refractivity contribution is 0.110. The largest absolute Gasteiger partial charge is 0.388 e. The Labute approximate surface area is 96.3 Å². The van der Waals surface area contributed by atoms with Crippen LogP contribution < -0.4 is 5.73 Å². The van der Waals surface area contributed by atoms with Crippen LogP contribution in [0.5, 0.6) is 0 Å². The Morgan fingerprint density at radius 2 is 2.38 bits per heavy atom. The van der Waals surface area contributed by atoms with Crippen molar-refractivity contribution >= 4 is 33.9 Å². The topological polar surface area (TPSA) is 46.2 Å². The van der Waals surface area contributed by atoms with Gasteiger partial charge < -0.3 is 10.8 Å². The maximum atomic E-state index is 9.92. The van der Waals surface area contributed by atoms with E-state index in [-0.39, 0.29) is 5.92 Å². The van der Waals surface area contributed by atoms with Gasteiger partial charge in [-0.15, -0.1) is 11.3 Å². The molecule has 0 fully saturated rings. The average Bonchev–Trinajstić information content (AvgIpc) is 2.54. The molecular weight excluding hydrogens is 297 g/mol. The van der Waals surface area contributed by atoms with Gasteiger partial charge in [0.05, 0.1) is 8.99 Å². The highest BCUT2D eigenvalue weighted by atomic mass is 127. The molecule has 2 nitrogen and oxygen atoms in total. The predicted octanol–water partition coefficient (Wildman–Crippen LogP) is 2.37. The molecule has 0 amide bonds. The molecule has 0 aromatic carbocycles. The molecule has 0 aliphatic heterocycles. The van der Waals surface area contributed by atoms with Crippen molar-refractivity contribution in [3.63, 3.8) is 0 Å². The Kier molecular flexibility index (Phi) is 4.64. The lowest BCUT2D eigenvalue weighted by Crippen LogP contribution is -2.20. The van der Waals surface area contributed by atoms with Crippen LogP contribution in [0.1, 0.15) is 25.0 Å². The number of rotatable bonds is 4. The van der Waals surface area contributed by atoms with Crippen LogP contribution in [-0.4, -0.2) is 11.7 Å². The number of thiophene rings is 1. The van der Waals surface area contributed by atoms with Gasteiger partial charge in [0.25, 0.3) is 0 Å². The van der Waals surface area contributed by atoms with E-state index >= 15 is 0 Å². The van der Waals surface area contributed by atoms with E-state index < -0.39 is 6.10 Å². The summed E-state index contributed by atoms with van der Waals surface area (Å²) >= 11 is 3.91. The molecule has 1 aromatic heterocycles. The van der Waals surface area contributed by atoms with E-state index in [9.17, 15) is 5.11 Å². The van der Waals surface area contributed by atoms with Gasteiger partial charge in [-0.25, -0.2) is 0 Å². The Bertz CT molecular complexity index is 260. The molecule has 0 aliphatic carbocycles. The first-order chi connectivity index (χ1) is 6.19. The molecule has 0 radical (unpaired) electrons. The number of halogens is 1. The summed E-state index contributed by atoms with van der Waals surface area (Å²) < 4.78 is 1.21. The van der Waals surface area contributed by atoms with Gasteiger partial charge in [-0.2, -0.15) is 0 Å². The monoisotopic (exact) mass is 311 g/mol. The summed E-state index contributed by atoms with van der Waals surface area (Å²) in [5.41, 5.74) is 6.58. The smallest absolute Gasteiger partial charge is 0.0838 e. The number of hydrogen-bond donors (Lipinski definition) is 2. The lowest BCUT2D eigenvalue weighted by Gasteiger charge is -2.18. The van der Waals surface area contributed by atoms with Crippen molar-refractivity contribution < 1.29 is 5.11 Å². The van der Waals surface area contributed by atoms with Crippen molar-refractivity contribution in [1.82, 2.24) is 0 Å². The van der Waals surface area contributed by atoms with Crippen molar-refractivity contribution in [3.05, 3.63) is 19.9 Å². The van der Waals surface area contributed by atoms with Gasteiger partial charge in [-0.05, 0) is 52.6 Å². The summed E-state index contributed by atoms with van der Waals surface area (Å²) in [7, 11) is 0. The van der Waals surface area contributed by atoms with E-state index in [4.69, 9.17) is 5.73 Å². The first kappa shape index (κ1) is 11.4. The van der Waals surface area contributed by atoms with Gasteiger partial charge in [0.1, 0.15) is 0 Å². The third-order valence-electron chi connectivity index (χ3n) is 2.20. The Morgan fingerprint density at radius 1 is 1.69 bits per heavy atom. The fraction of sp³-hybridized carbons (Fsp3) is 0.556. The standard InChI is InChI=1S/C9H14INOS/c1-2-6(4-11)9(12)7-3-8(10)13-5-7/h3,5-6,9,12H,2,4,11H2,1H3. The maximum absolute atomic E-state index is 9.92. The first-order valence-electron chi connectivity index (χ1n) is 4.31. The fourth-order valence-corrected chi connectivity index (χ4v) is 2.67. The number of nitrogens with two attached hydrogens (primary N) is 1. The fourth-order valence-electron chi connectivity index (χ4n) is 1.27. The molecular formula is C9H14INOS. The third-order valence-corrected chi connectivity index (χ3v) is 4.01. The summed E-state index contributed by atoms with van der Waals surface area (Å²) in [5.74, 6) is 0.186. The van der Waals surface area contributed by atoms with Gasteiger partial charge in [-0.3, -0.25) is 0 Å². The lowest BCUT2D eigenvalue weighted by atomic mass is 9.95. The molecule has 0 saturated carbocycles. The van der Waals surface area contributed by atoms with Crippen LogP contribution in [-0.2, 0) is 0 Å². The molecule has 0 spiro atoms. The second-order valence-electron chi connectivity index (χ2n) is 3.03. The third kappa shape index (κ3) is 2.90. The van der Waals surface area contributed by atoms with Crippen LogP contribution in [0, 0.1) is 8.80 Å². The van der Waals surface area contributed by atoms with Crippen molar-refractivity contribution in [2.24, 2.45) is 11.7 Å². The van der Waals surface area contributed by atoms with E-state index in [1.807, 2.05) is 11.4 Å². The molecule has 2 atom stereocenters. The van der Waals surface area contributed by atoms with E-state index in [1.54, 1.807) is 11.3 Å². The van der Waals surface area contributed by atoms with Crippen molar-refractivity contribution in [1.29, 1.82) is 0 Å². The zero-order chi connectivity index (χ0) is 9.84. The SMILES string of the molecule is CCC(CN)C(O)c1csc(I)c1. The van der Waals surface area contributed by atoms with Crippen LogP contribution in [0.3, 0.4) is 0 Å². The summed E-state index contributed by atoms with van der Waals surface area (Å²) in [4.78, 5) is 0. The Hall–Kier alpha value is 0.350. The molecule has 1 heterocycles. The van der Waals surface area contributed by atoms with Gasteiger partial charge in [0.2, 0.25) is 0 Å². The van der Waals surface area contributed by atoms with Crippen LogP contribution in [0.4, 0.5) is 0 Å². The van der Waals surface area contributed by atoms with Gasteiger partial charge >= 0.3 is 0 Å². The quantitative estimate of drug-likeness (QED) is 0.839. The molecule has 3 N–H and O–H groups in total. The molecule has 74 valence electrons. The van der Waals surface area contributed by atoms with E-state index in [0.29, 0.717) is 6.54 Å². The number of aliphatic hydroxyl groups is 1. The molecule has 0 bridgehead atoms. The molecule has 13 heavy (non-hydrogen) atoms. The molecule has 0 saturated heterocycles. The first-order valence-corrected chi connectivity index (χ1v) is 6.27. The predicted molar refractivity (Wildman–Crippen MR) is 64.8 cm³/mol. The second kappa shape index (κ2) is 5.29. The van der Waals surface area contributed by atoms with E-state index in [2.05, 4.69) is 29.5 Å². The van der Waals surface area contributed by atoms with E-state index in [0.717, 1.165) is 12.0 Å². The number of hydrogen-bond acceptors (Lipinski definition) is 3. The Morgan fingerprint density at radius 3 is 2.77 bits per heavy atom. The minimum atomic E-state index is -0.394. The Balaban J connectivity index is 2.71. The van der Waals surface area contributed by atoms with Gasteiger partial charge in [0.15, 0.2) is 0 Å². The highest BCUT2D eigenvalue weighted by Crippen LogP contribution is 2.28. The van der Waals surface area contributed by atoms with Crippen LogP contribution in [0.25, 0.3) is 0 Å². The number of aliphatic hydroxyl groups excluding tert-OH is 1. The molecule has 2 unspecified atom stereocenters. The summed E-state index contributed by atoms with van der Waals surface area (Å²) in [6.45, 7) is 2.60. The molecule has 1 rings (SSSR count). The highest BCUT2D eigenvalue weighted by molar-refractivity contribution is 14.1. The average molecular weight is 311 g/mol. The summed E-state index contributed by atoms with van der Waals surface area (Å²) in [5, 5.41) is 11.9. The van der Waals surface area contributed by atoms with Crippen molar-refractivity contribution in [2.75, 3.05) is 6.54 Å². The highest BCUT2D eigenvalue weighted by Gasteiger charge is 2.18. The van der Waals surface area contributed by atoms with Crippen LogP contribution in [0.15, 0.2) is 11.4 Å². The molecule has 4 heteroatoms. The van der Waals surface area contributed by atoms with Gasteiger partial charge in [0, 0.05) is 5.92 Å². The second-order valence-corrected chi connectivity index (χ2v) is 5.84. The maximum Gasteiger partial charge on any atom is 0.0838 e. The zero-order valence-electron chi connectivity index (χ0n) is 7.53. The minimum absolute atomic E-state index is 0.186. The zero-order valence-corrected chi connectivity index (χ0v) is 10.5. The normalized spacial score (nSPS) is 15.7. The molecule has 1 aromatic rings. The van der Waals surface area contributed by atoms with Crippen molar-refractivity contribution in [3.8, 4) is 0 Å². The molecule has 0 aliphatic rings. The van der Waals surface area contributed by atoms with Crippen LogP contribution in [0.2, 0.25) is 0 Å². The van der Waals surface area contributed by atoms with Gasteiger partial charge in [-0.1, -0.05) is 6.92 Å². The van der Waals surface area contributed by atoms with E-state index in [1.165, 1.54) is 2.88 Å². The summed E-state index contributed by atoms with van der Waals surface area (Å²) in [6, 6.07) is 2.02. The minimum Gasteiger partial charge on any atom is -0.388 e. The van der Waals surface area contributed by atoms with Crippen molar-refractivity contribution in [2.45, 2.75) is 19.4 Å².